The summed E-state index contributed by atoms with van der Waals surface area (Å²) >= 11 is 0.666. The molecule has 0 atom stereocenters. The maximum Gasteiger partial charge on any atom is 0.395 e. The minimum atomic E-state index is -4.39. The first kappa shape index (κ1) is 20.4. The molecule has 1 saturated heterocycles. The van der Waals surface area contributed by atoms with Crippen LogP contribution in [0.15, 0.2) is 12.4 Å². The standard InChI is InChI=1S/C14H16F5N7OS/c15-11(16)26-2-1-20-9(26)8-24-3-5-25(6-4-24)13(27)21-12-23-22-10(28-12)7-14(17,18)19/h1-2,11H,3-8H2,(H,21,23,27). The first-order valence-electron chi connectivity index (χ1n) is 8.18. The molecule has 2 amide bonds. The first-order valence-corrected chi connectivity index (χ1v) is 9.00. The molecule has 1 N–H and O–H groups in total. The number of piperazine rings is 1. The van der Waals surface area contributed by atoms with Crippen LogP contribution in [-0.4, -0.2) is 67.9 Å². The largest absolute Gasteiger partial charge is 0.395 e. The summed E-state index contributed by atoms with van der Waals surface area (Å²) in [4.78, 5) is 19.5. The van der Waals surface area contributed by atoms with Crippen molar-refractivity contribution in [3.05, 3.63) is 23.2 Å². The third-order valence-corrected chi connectivity index (χ3v) is 4.85. The fraction of sp³-hybridized carbons (Fsp3) is 0.571. The number of hydrogen-bond acceptors (Lipinski definition) is 6. The number of imidazole rings is 1. The Labute approximate surface area is 160 Å². The summed E-state index contributed by atoms with van der Waals surface area (Å²) in [6, 6.07) is -0.497. The Morgan fingerprint density at radius 2 is 1.93 bits per heavy atom. The van der Waals surface area contributed by atoms with Gasteiger partial charge in [0.1, 0.15) is 10.8 Å². The van der Waals surface area contributed by atoms with Gasteiger partial charge in [0.2, 0.25) is 5.13 Å². The van der Waals surface area contributed by atoms with Crippen LogP contribution in [0.1, 0.15) is 17.4 Å². The molecule has 3 heterocycles. The highest BCUT2D eigenvalue weighted by Crippen LogP contribution is 2.25. The monoisotopic (exact) mass is 425 g/mol. The molecule has 0 radical (unpaired) electrons. The Balaban J connectivity index is 1.48. The summed E-state index contributed by atoms with van der Waals surface area (Å²) in [7, 11) is 0. The molecule has 1 fully saturated rings. The van der Waals surface area contributed by atoms with Gasteiger partial charge in [-0.2, -0.15) is 22.0 Å². The number of halogens is 5. The predicted molar refractivity (Wildman–Crippen MR) is 89.0 cm³/mol. The molecule has 2 aromatic rings. The molecule has 0 saturated carbocycles. The number of anilines is 1. The van der Waals surface area contributed by atoms with Gasteiger partial charge >= 0.3 is 18.8 Å². The third kappa shape index (κ3) is 5.34. The van der Waals surface area contributed by atoms with Crippen molar-refractivity contribution in [3.8, 4) is 0 Å². The number of urea groups is 1. The summed E-state index contributed by atoms with van der Waals surface area (Å²) in [6.07, 6.45) is -3.08. The van der Waals surface area contributed by atoms with Crippen molar-refractivity contribution in [1.29, 1.82) is 0 Å². The Hall–Kier alpha value is -2.35. The Kier molecular flexibility index (Phi) is 6.07. The molecule has 14 heteroatoms. The van der Waals surface area contributed by atoms with Crippen molar-refractivity contribution in [2.45, 2.75) is 25.7 Å². The zero-order valence-corrected chi connectivity index (χ0v) is 15.2. The van der Waals surface area contributed by atoms with E-state index in [-0.39, 0.29) is 22.5 Å². The van der Waals surface area contributed by atoms with Gasteiger partial charge in [-0.25, -0.2) is 9.78 Å². The number of aromatic nitrogens is 4. The summed E-state index contributed by atoms with van der Waals surface area (Å²) in [5.74, 6) is 0.235. The normalized spacial score (nSPS) is 16.0. The topological polar surface area (TPSA) is 79.2 Å². The number of carbonyl (C=O) groups is 1. The lowest BCUT2D eigenvalue weighted by atomic mass is 10.3. The highest BCUT2D eigenvalue weighted by Gasteiger charge is 2.30. The molecule has 2 aromatic heterocycles. The van der Waals surface area contributed by atoms with Crippen molar-refractivity contribution in [3.63, 3.8) is 0 Å². The minimum absolute atomic E-state index is 0.00867. The smallest absolute Gasteiger partial charge is 0.322 e. The van der Waals surface area contributed by atoms with Gasteiger partial charge in [0.15, 0.2) is 0 Å². The molecular formula is C14H16F5N7OS. The molecule has 1 aliphatic rings. The van der Waals surface area contributed by atoms with Crippen LogP contribution in [0, 0.1) is 0 Å². The molecule has 0 spiro atoms. The van der Waals surface area contributed by atoms with Crippen molar-refractivity contribution in [1.82, 2.24) is 29.5 Å². The van der Waals surface area contributed by atoms with Crippen molar-refractivity contribution in [2.24, 2.45) is 0 Å². The third-order valence-electron chi connectivity index (χ3n) is 4.02. The maximum atomic E-state index is 12.9. The van der Waals surface area contributed by atoms with Gasteiger partial charge in [-0.3, -0.25) is 14.8 Å². The molecular weight excluding hydrogens is 409 g/mol. The molecule has 0 aromatic carbocycles. The lowest BCUT2D eigenvalue weighted by Gasteiger charge is -2.34. The van der Waals surface area contributed by atoms with E-state index in [1.54, 1.807) is 0 Å². The van der Waals surface area contributed by atoms with E-state index in [0.717, 1.165) is 4.57 Å². The van der Waals surface area contributed by atoms with Crippen LogP contribution in [0.2, 0.25) is 0 Å². The van der Waals surface area contributed by atoms with Gasteiger partial charge in [0, 0.05) is 38.6 Å². The lowest BCUT2D eigenvalue weighted by Crippen LogP contribution is -2.49. The van der Waals surface area contributed by atoms with Gasteiger partial charge in [-0.05, 0) is 0 Å². The second-order valence-electron chi connectivity index (χ2n) is 6.01. The molecule has 0 aliphatic carbocycles. The highest BCUT2D eigenvalue weighted by molar-refractivity contribution is 7.15. The van der Waals surface area contributed by atoms with E-state index in [0.29, 0.717) is 37.5 Å². The van der Waals surface area contributed by atoms with Crippen LogP contribution in [0.5, 0.6) is 0 Å². The summed E-state index contributed by atoms with van der Waals surface area (Å²) in [5, 5.41) is 9.15. The number of amides is 2. The van der Waals surface area contributed by atoms with E-state index >= 15 is 0 Å². The van der Waals surface area contributed by atoms with Crippen molar-refractivity contribution < 1.29 is 26.7 Å². The molecule has 8 nitrogen and oxygen atoms in total. The SMILES string of the molecule is O=C(Nc1nnc(CC(F)(F)F)s1)N1CCN(Cc2nccn2C(F)F)CC1. The highest BCUT2D eigenvalue weighted by atomic mass is 32.1. The van der Waals surface area contributed by atoms with Crippen LogP contribution in [0.25, 0.3) is 0 Å². The van der Waals surface area contributed by atoms with Crippen LogP contribution < -0.4 is 5.32 Å². The minimum Gasteiger partial charge on any atom is -0.322 e. The number of nitrogens with zero attached hydrogens (tertiary/aromatic N) is 6. The number of nitrogens with one attached hydrogen (secondary N) is 1. The first-order chi connectivity index (χ1) is 13.2. The number of carbonyl (C=O) groups excluding carboxylic acids is 1. The number of alkyl halides is 5. The summed E-state index contributed by atoms with van der Waals surface area (Å²) in [5.41, 5.74) is 0. The van der Waals surface area contributed by atoms with Crippen molar-refractivity contribution >= 4 is 22.5 Å². The summed E-state index contributed by atoms with van der Waals surface area (Å²) < 4.78 is 63.5. The molecule has 3 rings (SSSR count). The fourth-order valence-corrected chi connectivity index (χ4v) is 3.43. The van der Waals surface area contributed by atoms with Gasteiger partial charge < -0.3 is 4.90 Å². The van der Waals surface area contributed by atoms with E-state index in [2.05, 4.69) is 20.5 Å². The molecule has 0 unspecified atom stereocenters. The zero-order valence-electron chi connectivity index (χ0n) is 14.4. The van der Waals surface area contributed by atoms with Crippen LogP contribution in [0.4, 0.5) is 31.9 Å². The molecule has 28 heavy (non-hydrogen) atoms. The fourth-order valence-electron chi connectivity index (χ4n) is 2.67. The molecule has 1 aliphatic heterocycles. The van der Waals surface area contributed by atoms with Crippen molar-refractivity contribution in [2.75, 3.05) is 31.5 Å². The van der Waals surface area contributed by atoms with E-state index in [1.165, 1.54) is 17.3 Å². The summed E-state index contributed by atoms with van der Waals surface area (Å²) in [6.45, 7) is -0.897. The van der Waals surface area contributed by atoms with Gasteiger partial charge in [0.05, 0.1) is 13.0 Å². The van der Waals surface area contributed by atoms with Crippen LogP contribution in [0.3, 0.4) is 0 Å². The number of hydrogen-bond donors (Lipinski definition) is 1. The Bertz CT molecular complexity index is 800. The average molecular weight is 425 g/mol. The van der Waals surface area contributed by atoms with Gasteiger partial charge in [-0.15, -0.1) is 10.2 Å². The van der Waals surface area contributed by atoms with E-state index < -0.39 is 25.2 Å². The second kappa shape index (κ2) is 8.34. The lowest BCUT2D eigenvalue weighted by molar-refractivity contribution is -0.127. The molecule has 154 valence electrons. The van der Waals surface area contributed by atoms with E-state index in [4.69, 9.17) is 0 Å². The quantitative estimate of drug-likeness (QED) is 0.745. The molecule has 0 bridgehead atoms. The average Bonchev–Trinajstić information content (AvgIpc) is 3.23. The van der Waals surface area contributed by atoms with E-state index in [9.17, 15) is 26.7 Å². The number of rotatable bonds is 5. The van der Waals surface area contributed by atoms with Crippen LogP contribution in [-0.2, 0) is 13.0 Å². The Morgan fingerprint density at radius 1 is 1.21 bits per heavy atom. The van der Waals surface area contributed by atoms with E-state index in [1.807, 2.05) is 4.90 Å². The van der Waals surface area contributed by atoms with Crippen LogP contribution >= 0.6 is 11.3 Å². The Morgan fingerprint density at radius 3 is 2.57 bits per heavy atom. The predicted octanol–water partition coefficient (Wildman–Crippen LogP) is 2.58. The van der Waals surface area contributed by atoms with Gasteiger partial charge in [-0.1, -0.05) is 11.3 Å². The maximum absolute atomic E-state index is 12.9. The van der Waals surface area contributed by atoms with Gasteiger partial charge in [0.25, 0.3) is 0 Å². The second-order valence-corrected chi connectivity index (χ2v) is 7.08. The zero-order chi connectivity index (χ0) is 20.3.